The number of hydrogen-bond donors (Lipinski definition) is 2. The van der Waals surface area contributed by atoms with Crippen molar-refractivity contribution in [1.82, 2.24) is 10.6 Å². The molecule has 1 heterocycles. The maximum atomic E-state index is 3.64. The minimum Gasteiger partial charge on any atom is -0.311 e. The Balaban J connectivity index is 2.05. The average Bonchev–Trinajstić information content (AvgIpc) is 2.12. The van der Waals surface area contributed by atoms with Crippen LogP contribution in [0, 0.1) is 11.8 Å². The largest absolute Gasteiger partial charge is 0.311 e. The zero-order valence-electron chi connectivity index (χ0n) is 8.14. The highest BCUT2D eigenvalue weighted by Gasteiger charge is 2.36. The van der Waals surface area contributed by atoms with E-state index in [0.29, 0.717) is 0 Å². The Kier molecular flexibility index (Phi) is 2.37. The van der Waals surface area contributed by atoms with Crippen molar-refractivity contribution in [3.05, 3.63) is 0 Å². The van der Waals surface area contributed by atoms with Gasteiger partial charge in [-0.25, -0.2) is 0 Å². The Morgan fingerprint density at radius 2 is 1.25 bits per heavy atom. The number of hydrogen-bond acceptors (Lipinski definition) is 2. The van der Waals surface area contributed by atoms with Gasteiger partial charge in [0.2, 0.25) is 0 Å². The normalized spacial score (nSPS) is 48.5. The predicted octanol–water partition coefficient (Wildman–Crippen LogP) is 0.982. The fourth-order valence-corrected chi connectivity index (χ4v) is 2.73. The van der Waals surface area contributed by atoms with Gasteiger partial charge >= 0.3 is 0 Å². The maximum absolute atomic E-state index is 3.64. The van der Waals surface area contributed by atoms with Gasteiger partial charge in [-0.15, -0.1) is 0 Å². The van der Waals surface area contributed by atoms with Crippen LogP contribution in [0.3, 0.4) is 0 Å². The van der Waals surface area contributed by atoms with Gasteiger partial charge in [-0.3, -0.25) is 0 Å². The molecule has 4 unspecified atom stereocenters. The minimum atomic E-state index is 0.738. The number of nitrogens with one attached hydrogen (secondary N) is 2. The van der Waals surface area contributed by atoms with Crippen LogP contribution in [-0.2, 0) is 0 Å². The molecule has 2 rings (SSSR count). The van der Waals surface area contributed by atoms with Crippen LogP contribution in [0.2, 0.25) is 0 Å². The van der Waals surface area contributed by atoms with E-state index < -0.39 is 0 Å². The SMILES string of the molecule is CC1CCC(C)C2NCCNC12. The molecule has 0 amide bonds. The average molecular weight is 168 g/mol. The molecular weight excluding hydrogens is 148 g/mol. The third-order valence-electron chi connectivity index (χ3n) is 3.58. The van der Waals surface area contributed by atoms with Gasteiger partial charge in [0.05, 0.1) is 0 Å². The third-order valence-corrected chi connectivity index (χ3v) is 3.58. The van der Waals surface area contributed by atoms with Crippen molar-refractivity contribution in [2.24, 2.45) is 11.8 Å². The van der Waals surface area contributed by atoms with E-state index in [4.69, 9.17) is 0 Å². The smallest absolute Gasteiger partial charge is 0.0249 e. The van der Waals surface area contributed by atoms with Crippen molar-refractivity contribution in [1.29, 1.82) is 0 Å². The van der Waals surface area contributed by atoms with Crippen molar-refractivity contribution in [3.63, 3.8) is 0 Å². The van der Waals surface area contributed by atoms with Gasteiger partial charge in [0.1, 0.15) is 0 Å². The molecule has 2 nitrogen and oxygen atoms in total. The van der Waals surface area contributed by atoms with Gasteiger partial charge in [-0.2, -0.15) is 0 Å². The summed E-state index contributed by atoms with van der Waals surface area (Å²) in [6.07, 6.45) is 2.80. The highest BCUT2D eigenvalue weighted by molar-refractivity contribution is 4.96. The lowest BCUT2D eigenvalue weighted by molar-refractivity contribution is 0.142. The molecule has 4 atom stereocenters. The molecule has 2 heteroatoms. The molecule has 0 bridgehead atoms. The molecule has 1 aliphatic heterocycles. The van der Waals surface area contributed by atoms with Gasteiger partial charge in [-0.05, 0) is 24.7 Å². The van der Waals surface area contributed by atoms with Gasteiger partial charge in [-0.1, -0.05) is 13.8 Å². The Labute approximate surface area is 75.1 Å². The lowest BCUT2D eigenvalue weighted by atomic mass is 9.75. The van der Waals surface area contributed by atoms with Gasteiger partial charge in [0.25, 0.3) is 0 Å². The second-order valence-corrected chi connectivity index (χ2v) is 4.49. The lowest BCUT2D eigenvalue weighted by Crippen LogP contribution is -2.62. The van der Waals surface area contributed by atoms with Crippen LogP contribution < -0.4 is 10.6 Å². The van der Waals surface area contributed by atoms with Crippen LogP contribution in [0.1, 0.15) is 26.7 Å². The Hall–Kier alpha value is -0.0800. The topological polar surface area (TPSA) is 24.1 Å². The number of piperazine rings is 1. The van der Waals surface area contributed by atoms with Crippen LogP contribution in [0.4, 0.5) is 0 Å². The molecule has 0 aromatic heterocycles. The summed E-state index contributed by atoms with van der Waals surface area (Å²) in [5.74, 6) is 1.72. The molecule has 0 radical (unpaired) electrons. The second-order valence-electron chi connectivity index (χ2n) is 4.49. The predicted molar refractivity (Wildman–Crippen MR) is 51.1 cm³/mol. The second kappa shape index (κ2) is 3.35. The molecule has 1 saturated heterocycles. The summed E-state index contributed by atoms with van der Waals surface area (Å²) in [5, 5.41) is 7.28. The van der Waals surface area contributed by atoms with Crippen molar-refractivity contribution >= 4 is 0 Å². The monoisotopic (exact) mass is 168 g/mol. The van der Waals surface area contributed by atoms with E-state index in [0.717, 1.165) is 37.0 Å². The first-order chi connectivity index (χ1) is 5.79. The minimum absolute atomic E-state index is 0.738. The molecular formula is C10H20N2. The van der Waals surface area contributed by atoms with E-state index in [-0.39, 0.29) is 0 Å². The molecule has 0 spiro atoms. The Morgan fingerprint density at radius 1 is 0.833 bits per heavy atom. The quantitative estimate of drug-likeness (QED) is 0.563. The van der Waals surface area contributed by atoms with Gasteiger partial charge in [0.15, 0.2) is 0 Å². The molecule has 70 valence electrons. The highest BCUT2D eigenvalue weighted by Crippen LogP contribution is 2.29. The summed E-state index contributed by atoms with van der Waals surface area (Å²) in [5.41, 5.74) is 0. The molecule has 1 saturated carbocycles. The first-order valence-electron chi connectivity index (χ1n) is 5.26. The fourth-order valence-electron chi connectivity index (χ4n) is 2.73. The molecule has 1 aliphatic carbocycles. The Morgan fingerprint density at radius 3 is 1.67 bits per heavy atom. The molecule has 2 fully saturated rings. The summed E-state index contributed by atoms with van der Waals surface area (Å²) in [4.78, 5) is 0. The maximum Gasteiger partial charge on any atom is 0.0249 e. The number of fused-ring (bicyclic) bond motifs is 1. The summed E-state index contributed by atoms with van der Waals surface area (Å²) in [6.45, 7) is 7.06. The summed E-state index contributed by atoms with van der Waals surface area (Å²) in [6, 6.07) is 1.48. The Bertz CT molecular complexity index is 140. The van der Waals surface area contributed by atoms with Crippen LogP contribution in [0.25, 0.3) is 0 Å². The van der Waals surface area contributed by atoms with Crippen molar-refractivity contribution in [2.75, 3.05) is 13.1 Å². The van der Waals surface area contributed by atoms with E-state index >= 15 is 0 Å². The standard InChI is InChI=1S/C10H20N2/c1-7-3-4-8(2)10-9(7)11-5-6-12-10/h7-12H,3-6H2,1-2H3. The zero-order valence-corrected chi connectivity index (χ0v) is 8.14. The molecule has 2 N–H and O–H groups in total. The molecule has 12 heavy (non-hydrogen) atoms. The van der Waals surface area contributed by atoms with Crippen LogP contribution in [-0.4, -0.2) is 25.2 Å². The van der Waals surface area contributed by atoms with Crippen LogP contribution in [0.15, 0.2) is 0 Å². The van der Waals surface area contributed by atoms with Gasteiger partial charge in [0, 0.05) is 25.2 Å². The molecule has 0 aromatic carbocycles. The third kappa shape index (κ3) is 1.38. The fraction of sp³-hybridized carbons (Fsp3) is 1.00. The van der Waals surface area contributed by atoms with Crippen molar-refractivity contribution in [2.45, 2.75) is 38.8 Å². The summed E-state index contributed by atoms with van der Waals surface area (Å²) in [7, 11) is 0. The zero-order chi connectivity index (χ0) is 8.55. The van der Waals surface area contributed by atoms with Crippen LogP contribution >= 0.6 is 0 Å². The molecule has 0 aromatic rings. The van der Waals surface area contributed by atoms with E-state index in [1.54, 1.807) is 0 Å². The first kappa shape index (κ1) is 8.52. The first-order valence-corrected chi connectivity index (χ1v) is 5.26. The lowest BCUT2D eigenvalue weighted by Gasteiger charge is -2.44. The van der Waals surface area contributed by atoms with E-state index in [1.807, 2.05) is 0 Å². The summed E-state index contributed by atoms with van der Waals surface area (Å²) < 4.78 is 0. The van der Waals surface area contributed by atoms with Crippen molar-refractivity contribution in [3.8, 4) is 0 Å². The summed E-state index contributed by atoms with van der Waals surface area (Å²) >= 11 is 0. The van der Waals surface area contributed by atoms with E-state index in [9.17, 15) is 0 Å². The number of rotatable bonds is 0. The van der Waals surface area contributed by atoms with Gasteiger partial charge < -0.3 is 10.6 Å². The molecule has 2 aliphatic rings. The van der Waals surface area contributed by atoms with Crippen molar-refractivity contribution < 1.29 is 0 Å². The van der Waals surface area contributed by atoms with E-state index in [2.05, 4.69) is 24.5 Å². The van der Waals surface area contributed by atoms with Crippen LogP contribution in [0.5, 0.6) is 0 Å². The highest BCUT2D eigenvalue weighted by atomic mass is 15.1. The van der Waals surface area contributed by atoms with E-state index in [1.165, 1.54) is 12.8 Å².